The molecule has 1 saturated heterocycles. The first-order valence-electron chi connectivity index (χ1n) is 18.6. The summed E-state index contributed by atoms with van der Waals surface area (Å²) in [6.07, 6.45) is 5.58. The molecule has 285 valence electrons. The van der Waals surface area contributed by atoms with E-state index in [9.17, 15) is 0 Å². The van der Waals surface area contributed by atoms with Gasteiger partial charge in [0.2, 0.25) is 9.04 Å². The van der Waals surface area contributed by atoms with E-state index in [0.717, 1.165) is 22.6 Å². The van der Waals surface area contributed by atoms with E-state index in [1.54, 1.807) is 14.2 Å². The van der Waals surface area contributed by atoms with Gasteiger partial charge in [-0.3, -0.25) is 0 Å². The van der Waals surface area contributed by atoms with Gasteiger partial charge in [-0.2, -0.15) is 0 Å². The Balaban J connectivity index is 1.66. The van der Waals surface area contributed by atoms with Crippen LogP contribution < -0.4 is 9.47 Å². The summed E-state index contributed by atoms with van der Waals surface area (Å²) in [5.41, 5.74) is 5.71. The van der Waals surface area contributed by atoms with Crippen molar-refractivity contribution in [1.29, 1.82) is 0 Å². The third kappa shape index (κ3) is 16.4. The highest BCUT2D eigenvalue weighted by atomic mass is 28.3. The van der Waals surface area contributed by atoms with E-state index in [1.165, 1.54) is 0 Å². The van der Waals surface area contributed by atoms with Crippen molar-refractivity contribution in [2.24, 2.45) is 11.8 Å². The highest BCUT2D eigenvalue weighted by Crippen LogP contribution is 2.29. The summed E-state index contributed by atoms with van der Waals surface area (Å²) in [5, 5.41) is 0. The Morgan fingerprint density at radius 1 is 0.885 bits per heavy atom. The van der Waals surface area contributed by atoms with Gasteiger partial charge < -0.3 is 32.8 Å². The average molecular weight is 748 g/mol. The Hall–Kier alpha value is -2.87. The fourth-order valence-electron chi connectivity index (χ4n) is 5.94. The summed E-state index contributed by atoms with van der Waals surface area (Å²) in [6, 6.07) is 16.0. The van der Waals surface area contributed by atoms with Gasteiger partial charge in [-0.1, -0.05) is 94.6 Å². The zero-order valence-electron chi connectivity index (χ0n) is 33.7. The van der Waals surface area contributed by atoms with Crippen molar-refractivity contribution in [1.82, 2.24) is 0 Å². The smallest absolute Gasteiger partial charge is 0.205 e. The average Bonchev–Trinajstić information content (AvgIpc) is 3.07. The maximum Gasteiger partial charge on any atom is 0.205 e. The Morgan fingerprint density at radius 3 is 1.98 bits per heavy atom. The van der Waals surface area contributed by atoms with E-state index in [1.807, 2.05) is 62.4 Å². The summed E-state index contributed by atoms with van der Waals surface area (Å²) in [4.78, 5) is 0. The van der Waals surface area contributed by atoms with Crippen molar-refractivity contribution >= 4 is 17.1 Å². The summed E-state index contributed by atoms with van der Waals surface area (Å²) in [7, 11) is 0.764. The highest BCUT2D eigenvalue weighted by molar-refractivity contribution is 6.83. The Morgan fingerprint density at radius 2 is 1.46 bits per heavy atom. The molecule has 1 aliphatic rings. The van der Waals surface area contributed by atoms with Gasteiger partial charge in [0.1, 0.15) is 31.8 Å². The normalized spacial score (nSPS) is 19.7. The van der Waals surface area contributed by atoms with Crippen LogP contribution in [0, 0.1) is 35.1 Å². The third-order valence-electron chi connectivity index (χ3n) is 8.40. The van der Waals surface area contributed by atoms with E-state index >= 15 is 0 Å². The molecule has 2 aromatic rings. The fourth-order valence-corrected chi connectivity index (χ4v) is 7.38. The van der Waals surface area contributed by atoms with Gasteiger partial charge >= 0.3 is 0 Å². The number of methoxy groups -OCH3 is 2. The largest absolute Gasteiger partial charge is 0.497 e. The standard InChI is InChI=1S/C43H63O7Si2/c1-32(2)42(47-31-35-19-24-37(45-7)25-20-35)33(3)16-21-40-29-39(48-43(4,5)49-40)14-13-15-41(50-51(8)9)28-38(26-27-52(10,11)12)46-30-34-17-22-36(44-6)23-18-34/h16-25,32-33,38-42H,15,28-31H2,1-12H3/b21-16+/t33-,38+,39+,40-,41-,42-/m0/s1. The molecule has 3 rings (SSSR count). The molecule has 6 atom stereocenters. The van der Waals surface area contributed by atoms with Crippen LogP contribution in [0.25, 0.3) is 0 Å². The van der Waals surface area contributed by atoms with Gasteiger partial charge in [-0.15, -0.1) is 5.54 Å². The maximum absolute atomic E-state index is 6.46. The summed E-state index contributed by atoms with van der Waals surface area (Å²) >= 11 is 0. The second-order valence-corrected chi connectivity index (χ2v) is 22.4. The lowest BCUT2D eigenvalue weighted by atomic mass is 9.93. The molecule has 0 amide bonds. The molecule has 1 aliphatic heterocycles. The quantitative estimate of drug-likeness (QED) is 0.0909. The molecule has 0 aliphatic carbocycles. The monoisotopic (exact) mass is 747 g/mol. The molecule has 0 saturated carbocycles. The van der Waals surface area contributed by atoms with E-state index < -0.39 is 22.9 Å². The number of benzene rings is 2. The number of rotatable bonds is 17. The van der Waals surface area contributed by atoms with Crippen LogP contribution in [0.4, 0.5) is 0 Å². The zero-order valence-corrected chi connectivity index (χ0v) is 35.7. The molecule has 0 bridgehead atoms. The molecule has 0 N–H and O–H groups in total. The minimum atomic E-state index is -1.60. The molecule has 2 aromatic carbocycles. The Bertz CT molecular complexity index is 1490. The molecule has 1 radical (unpaired) electrons. The van der Waals surface area contributed by atoms with Gasteiger partial charge in [0.15, 0.2) is 5.79 Å². The molecular weight excluding hydrogens is 685 g/mol. The Labute approximate surface area is 317 Å². The van der Waals surface area contributed by atoms with Crippen LogP contribution in [0.3, 0.4) is 0 Å². The topological polar surface area (TPSA) is 64.6 Å². The van der Waals surface area contributed by atoms with Crippen LogP contribution in [0.2, 0.25) is 32.7 Å². The first-order chi connectivity index (χ1) is 24.6. The van der Waals surface area contributed by atoms with Gasteiger partial charge in [0, 0.05) is 25.2 Å². The molecule has 52 heavy (non-hydrogen) atoms. The Kier molecular flexibility index (Phi) is 17.7. The summed E-state index contributed by atoms with van der Waals surface area (Å²) in [5.74, 6) is 11.7. The SMILES string of the molecule is COc1ccc(CO[C@H](C#C[Si](C)(C)C)C[C@H](CC#C[C@@H]2C[C@H](/C=C/[C@H](C)[C@@H](OCc3ccc(OC)cc3)C(C)C)OC(C)(C)O2)O[Si](C)C)cc1. The van der Waals surface area contributed by atoms with Crippen molar-refractivity contribution < 1.29 is 32.8 Å². The van der Waals surface area contributed by atoms with Gasteiger partial charge in [-0.25, -0.2) is 0 Å². The second-order valence-electron chi connectivity index (χ2n) is 15.6. The van der Waals surface area contributed by atoms with Crippen molar-refractivity contribution in [3.05, 3.63) is 71.8 Å². The van der Waals surface area contributed by atoms with Crippen molar-refractivity contribution in [2.75, 3.05) is 14.2 Å². The molecule has 7 nitrogen and oxygen atoms in total. The van der Waals surface area contributed by atoms with Crippen LogP contribution in [0.15, 0.2) is 60.7 Å². The van der Waals surface area contributed by atoms with Gasteiger partial charge in [-0.05, 0) is 68.3 Å². The lowest BCUT2D eigenvalue weighted by Crippen LogP contribution is -2.43. The van der Waals surface area contributed by atoms with E-state index in [4.69, 9.17) is 32.8 Å². The molecule has 1 fully saturated rings. The first-order valence-corrected chi connectivity index (χ1v) is 24.5. The van der Waals surface area contributed by atoms with Crippen LogP contribution in [0.5, 0.6) is 11.5 Å². The van der Waals surface area contributed by atoms with Crippen molar-refractivity contribution in [2.45, 2.75) is 136 Å². The molecule has 1 heterocycles. The first kappa shape index (κ1) is 43.5. The van der Waals surface area contributed by atoms with Crippen molar-refractivity contribution in [3.63, 3.8) is 0 Å². The molecule has 0 spiro atoms. The van der Waals surface area contributed by atoms with E-state index in [2.05, 4.69) is 89.0 Å². The highest BCUT2D eigenvalue weighted by Gasteiger charge is 2.34. The number of hydrogen-bond acceptors (Lipinski definition) is 7. The predicted molar refractivity (Wildman–Crippen MR) is 215 cm³/mol. The van der Waals surface area contributed by atoms with Gasteiger partial charge in [0.25, 0.3) is 0 Å². The lowest BCUT2D eigenvalue weighted by Gasteiger charge is -2.38. The van der Waals surface area contributed by atoms with E-state index in [-0.39, 0.29) is 36.4 Å². The lowest BCUT2D eigenvalue weighted by molar-refractivity contribution is -0.278. The zero-order chi connectivity index (χ0) is 38.3. The number of hydrogen-bond donors (Lipinski definition) is 0. The van der Waals surface area contributed by atoms with E-state index in [0.29, 0.717) is 38.4 Å². The summed E-state index contributed by atoms with van der Waals surface area (Å²) < 4.78 is 42.5. The second kappa shape index (κ2) is 21.1. The number of ether oxygens (including phenoxy) is 6. The van der Waals surface area contributed by atoms with Crippen LogP contribution >= 0.6 is 0 Å². The molecule has 9 heteroatoms. The third-order valence-corrected chi connectivity index (χ3v) is 10.1. The van der Waals surface area contributed by atoms with Gasteiger partial charge in [0.05, 0.1) is 45.7 Å². The summed E-state index contributed by atoms with van der Waals surface area (Å²) in [6.45, 7) is 22.6. The predicted octanol–water partition coefficient (Wildman–Crippen LogP) is 9.23. The molecule has 0 unspecified atom stereocenters. The molecule has 0 aromatic heterocycles. The minimum absolute atomic E-state index is 0.0572. The van der Waals surface area contributed by atoms with Crippen LogP contribution in [-0.2, 0) is 36.6 Å². The fraction of sp³-hybridized carbons (Fsp3) is 0.581. The molecular formula is C43H63O7Si2. The van der Waals surface area contributed by atoms with Crippen LogP contribution in [-0.4, -0.2) is 67.6 Å². The maximum atomic E-state index is 6.46. The minimum Gasteiger partial charge on any atom is -0.497 e. The van der Waals surface area contributed by atoms with Crippen molar-refractivity contribution in [3.8, 4) is 34.8 Å². The van der Waals surface area contributed by atoms with Crippen LogP contribution in [0.1, 0.15) is 65.0 Å².